The highest BCUT2D eigenvalue weighted by molar-refractivity contribution is 5.39. The molecule has 0 aliphatic carbocycles. The van der Waals surface area contributed by atoms with Crippen LogP contribution in [-0.2, 0) is 19.5 Å². The second kappa shape index (κ2) is 7.75. The Labute approximate surface area is 144 Å². The lowest BCUT2D eigenvalue weighted by molar-refractivity contribution is 0.242. The average molecular weight is 328 g/mol. The number of rotatable bonds is 6. The molecule has 1 fully saturated rings. The monoisotopic (exact) mass is 328 g/mol. The largest absolute Gasteiger partial charge is 0.354 e. The highest BCUT2D eigenvalue weighted by Gasteiger charge is 2.19. The Morgan fingerprint density at radius 3 is 2.62 bits per heavy atom. The molecule has 0 radical (unpaired) electrons. The van der Waals surface area contributed by atoms with E-state index in [-0.39, 0.29) is 0 Å². The fourth-order valence-corrected chi connectivity index (χ4v) is 3.15. The standard InChI is InChI=1S/C18H28N6/c1-4-16-9-18(21-13-20-16)23-7-5-22(6-8-23)12-17-10-19-14-24(17)11-15(2)3/h9-10,13-15H,4-8,11-12H2,1-3H3. The van der Waals surface area contributed by atoms with Crippen LogP contribution in [0.4, 0.5) is 5.82 Å². The van der Waals surface area contributed by atoms with E-state index < -0.39 is 0 Å². The molecule has 3 heterocycles. The Bertz CT molecular complexity index is 642. The molecule has 1 aliphatic heterocycles. The molecule has 0 unspecified atom stereocenters. The van der Waals surface area contributed by atoms with Crippen molar-refractivity contribution in [1.82, 2.24) is 24.4 Å². The smallest absolute Gasteiger partial charge is 0.132 e. The van der Waals surface area contributed by atoms with E-state index in [9.17, 15) is 0 Å². The summed E-state index contributed by atoms with van der Waals surface area (Å²) < 4.78 is 2.29. The summed E-state index contributed by atoms with van der Waals surface area (Å²) in [7, 11) is 0. The van der Waals surface area contributed by atoms with E-state index in [2.05, 4.69) is 56.2 Å². The predicted octanol–water partition coefficient (Wildman–Crippen LogP) is 2.21. The topological polar surface area (TPSA) is 50.1 Å². The van der Waals surface area contributed by atoms with Crippen LogP contribution in [0.2, 0.25) is 0 Å². The van der Waals surface area contributed by atoms with Crippen LogP contribution in [0.5, 0.6) is 0 Å². The highest BCUT2D eigenvalue weighted by Crippen LogP contribution is 2.16. The van der Waals surface area contributed by atoms with E-state index >= 15 is 0 Å². The van der Waals surface area contributed by atoms with E-state index in [1.807, 2.05) is 12.5 Å². The van der Waals surface area contributed by atoms with Crippen LogP contribution < -0.4 is 4.90 Å². The lowest BCUT2D eigenvalue weighted by atomic mass is 10.2. The minimum absolute atomic E-state index is 0.639. The number of nitrogens with zero attached hydrogens (tertiary/aromatic N) is 6. The Hall–Kier alpha value is -1.95. The van der Waals surface area contributed by atoms with Crippen molar-refractivity contribution in [1.29, 1.82) is 0 Å². The molecule has 1 saturated heterocycles. The molecule has 0 bridgehead atoms. The molecule has 24 heavy (non-hydrogen) atoms. The minimum Gasteiger partial charge on any atom is -0.354 e. The van der Waals surface area contributed by atoms with Gasteiger partial charge in [0.2, 0.25) is 0 Å². The van der Waals surface area contributed by atoms with Crippen molar-refractivity contribution in [2.75, 3.05) is 31.1 Å². The number of anilines is 1. The van der Waals surface area contributed by atoms with E-state index in [1.54, 1.807) is 6.33 Å². The number of aromatic nitrogens is 4. The molecular weight excluding hydrogens is 300 g/mol. The van der Waals surface area contributed by atoms with Crippen LogP contribution >= 0.6 is 0 Å². The van der Waals surface area contributed by atoms with Crippen LogP contribution in [-0.4, -0.2) is 50.6 Å². The van der Waals surface area contributed by atoms with Gasteiger partial charge in [-0.25, -0.2) is 15.0 Å². The van der Waals surface area contributed by atoms with Gasteiger partial charge in [-0.05, 0) is 12.3 Å². The maximum atomic E-state index is 4.44. The number of hydrogen-bond acceptors (Lipinski definition) is 5. The molecule has 0 N–H and O–H groups in total. The van der Waals surface area contributed by atoms with Gasteiger partial charge in [0, 0.05) is 57.2 Å². The Balaban J connectivity index is 1.56. The van der Waals surface area contributed by atoms with Gasteiger partial charge in [-0.1, -0.05) is 20.8 Å². The molecule has 6 heteroatoms. The van der Waals surface area contributed by atoms with Crippen molar-refractivity contribution in [2.24, 2.45) is 5.92 Å². The third kappa shape index (κ3) is 4.12. The van der Waals surface area contributed by atoms with E-state index in [0.717, 1.165) is 57.2 Å². The van der Waals surface area contributed by atoms with Gasteiger partial charge < -0.3 is 9.47 Å². The molecule has 130 valence electrons. The molecule has 2 aromatic rings. The van der Waals surface area contributed by atoms with Gasteiger partial charge in [0.1, 0.15) is 12.1 Å². The lowest BCUT2D eigenvalue weighted by Crippen LogP contribution is -2.46. The highest BCUT2D eigenvalue weighted by atomic mass is 15.3. The molecule has 0 atom stereocenters. The fraction of sp³-hybridized carbons (Fsp3) is 0.611. The van der Waals surface area contributed by atoms with Gasteiger partial charge >= 0.3 is 0 Å². The van der Waals surface area contributed by atoms with Gasteiger partial charge in [-0.2, -0.15) is 0 Å². The van der Waals surface area contributed by atoms with Crippen molar-refractivity contribution in [3.63, 3.8) is 0 Å². The first-order valence-electron chi connectivity index (χ1n) is 8.93. The first-order valence-corrected chi connectivity index (χ1v) is 8.93. The minimum atomic E-state index is 0.639. The quantitative estimate of drug-likeness (QED) is 0.814. The molecule has 6 nitrogen and oxygen atoms in total. The number of imidazole rings is 1. The zero-order valence-electron chi connectivity index (χ0n) is 15.0. The van der Waals surface area contributed by atoms with Crippen molar-refractivity contribution < 1.29 is 0 Å². The predicted molar refractivity (Wildman–Crippen MR) is 96.0 cm³/mol. The van der Waals surface area contributed by atoms with Crippen LogP contribution in [0, 0.1) is 5.92 Å². The Morgan fingerprint density at radius 2 is 1.92 bits per heavy atom. The Morgan fingerprint density at radius 1 is 1.12 bits per heavy atom. The summed E-state index contributed by atoms with van der Waals surface area (Å²) in [5.41, 5.74) is 2.42. The number of aryl methyl sites for hydroxylation is 1. The first-order chi connectivity index (χ1) is 11.7. The van der Waals surface area contributed by atoms with Crippen LogP contribution in [0.1, 0.15) is 32.2 Å². The van der Waals surface area contributed by atoms with E-state index in [4.69, 9.17) is 0 Å². The average Bonchev–Trinajstić information content (AvgIpc) is 3.01. The molecule has 0 saturated carbocycles. The Kier molecular flexibility index (Phi) is 5.45. The van der Waals surface area contributed by atoms with Crippen molar-refractivity contribution in [3.05, 3.63) is 36.3 Å². The number of hydrogen-bond donors (Lipinski definition) is 0. The molecule has 0 amide bonds. The zero-order valence-corrected chi connectivity index (χ0v) is 15.0. The molecule has 1 aliphatic rings. The summed E-state index contributed by atoms with van der Waals surface area (Å²) >= 11 is 0. The fourth-order valence-electron chi connectivity index (χ4n) is 3.15. The summed E-state index contributed by atoms with van der Waals surface area (Å²) in [6, 6.07) is 2.12. The zero-order chi connectivity index (χ0) is 16.9. The summed E-state index contributed by atoms with van der Waals surface area (Å²) in [6.45, 7) is 12.8. The van der Waals surface area contributed by atoms with Crippen LogP contribution in [0.3, 0.4) is 0 Å². The van der Waals surface area contributed by atoms with E-state index in [1.165, 1.54) is 5.69 Å². The lowest BCUT2D eigenvalue weighted by Gasteiger charge is -2.35. The van der Waals surface area contributed by atoms with Gasteiger partial charge in [-0.15, -0.1) is 0 Å². The van der Waals surface area contributed by atoms with Crippen molar-refractivity contribution in [3.8, 4) is 0 Å². The SMILES string of the molecule is CCc1cc(N2CCN(Cc3cncn3CC(C)C)CC2)ncn1. The summed E-state index contributed by atoms with van der Waals surface area (Å²) in [6.07, 6.45) is 6.60. The van der Waals surface area contributed by atoms with Crippen LogP contribution in [0.25, 0.3) is 0 Å². The second-order valence-corrected chi connectivity index (χ2v) is 6.92. The summed E-state index contributed by atoms with van der Waals surface area (Å²) in [4.78, 5) is 17.9. The number of piperazine rings is 1. The summed E-state index contributed by atoms with van der Waals surface area (Å²) in [5, 5.41) is 0. The van der Waals surface area contributed by atoms with Gasteiger partial charge in [0.25, 0.3) is 0 Å². The maximum absolute atomic E-state index is 4.44. The third-order valence-electron chi connectivity index (χ3n) is 4.51. The van der Waals surface area contributed by atoms with Gasteiger partial charge in [-0.3, -0.25) is 4.90 Å². The molecule has 0 spiro atoms. The third-order valence-corrected chi connectivity index (χ3v) is 4.51. The van der Waals surface area contributed by atoms with Crippen molar-refractivity contribution in [2.45, 2.75) is 40.3 Å². The second-order valence-electron chi connectivity index (χ2n) is 6.92. The molecule has 3 rings (SSSR count). The molecular formula is C18H28N6. The maximum Gasteiger partial charge on any atom is 0.132 e. The molecule has 2 aromatic heterocycles. The van der Waals surface area contributed by atoms with Gasteiger partial charge in [0.05, 0.1) is 12.0 Å². The first kappa shape index (κ1) is 16.9. The van der Waals surface area contributed by atoms with E-state index in [0.29, 0.717) is 5.92 Å². The summed E-state index contributed by atoms with van der Waals surface area (Å²) in [5.74, 6) is 1.70. The normalized spacial score (nSPS) is 16.1. The molecule has 0 aromatic carbocycles. The van der Waals surface area contributed by atoms with Crippen molar-refractivity contribution >= 4 is 5.82 Å². The van der Waals surface area contributed by atoms with Crippen LogP contribution in [0.15, 0.2) is 24.9 Å². The van der Waals surface area contributed by atoms with Gasteiger partial charge in [0.15, 0.2) is 0 Å².